The number of hydrogen-bond acceptors (Lipinski definition) is 6. The maximum Gasteiger partial charge on any atom is 0.297 e. The summed E-state index contributed by atoms with van der Waals surface area (Å²) in [5.74, 6) is -7.80. The van der Waals surface area contributed by atoms with Crippen LogP contribution in [-0.2, 0) is 4.79 Å². The number of anilines is 1. The van der Waals surface area contributed by atoms with Crippen LogP contribution in [0.4, 0.5) is 23.2 Å². The first-order chi connectivity index (χ1) is 14.3. The maximum atomic E-state index is 13.6. The molecule has 1 heterocycles. The Hall–Kier alpha value is -3.28. The number of carbonyl (C=O) groups excluding carboxylic acids is 1. The second-order valence-corrected chi connectivity index (χ2v) is 6.85. The van der Waals surface area contributed by atoms with Gasteiger partial charge in [0.15, 0.2) is 29.2 Å². The molecular formula is C18H13F4N3O4S. The molecule has 0 spiro atoms. The number of halogens is 4. The molecule has 3 rings (SSSR count). The second-order valence-electron chi connectivity index (χ2n) is 5.77. The van der Waals surface area contributed by atoms with Gasteiger partial charge in [0.1, 0.15) is 11.4 Å². The van der Waals surface area contributed by atoms with Crippen LogP contribution in [0.3, 0.4) is 0 Å². The summed E-state index contributed by atoms with van der Waals surface area (Å²) in [6.45, 7) is 0. The smallest absolute Gasteiger partial charge is 0.297 e. The zero-order valence-electron chi connectivity index (χ0n) is 15.2. The molecule has 0 aliphatic rings. The van der Waals surface area contributed by atoms with E-state index < -0.39 is 40.8 Å². The highest BCUT2D eigenvalue weighted by atomic mass is 32.2. The van der Waals surface area contributed by atoms with Crippen molar-refractivity contribution in [3.8, 4) is 17.4 Å². The van der Waals surface area contributed by atoms with Crippen LogP contribution in [0, 0.1) is 23.3 Å². The molecule has 7 nitrogen and oxygen atoms in total. The van der Waals surface area contributed by atoms with Crippen molar-refractivity contribution < 1.29 is 41.4 Å². The van der Waals surface area contributed by atoms with Crippen LogP contribution in [0.1, 0.15) is 6.42 Å². The Balaban J connectivity index is 1.66. The Labute approximate surface area is 171 Å². The van der Waals surface area contributed by atoms with Crippen molar-refractivity contribution in [2.45, 2.75) is 11.4 Å². The molecule has 30 heavy (non-hydrogen) atoms. The molecule has 0 aliphatic heterocycles. The Morgan fingerprint density at radius 3 is 2.43 bits per heavy atom. The minimum Gasteiger partial charge on any atom is -0.538 e. The van der Waals surface area contributed by atoms with Gasteiger partial charge in [0.2, 0.25) is 11.6 Å². The highest BCUT2D eigenvalue weighted by Gasteiger charge is 2.23. The summed E-state index contributed by atoms with van der Waals surface area (Å²) in [5, 5.41) is 17.4. The standard InChI is InChI=1S/C18H13F4N3O4S/c1-28-10-4-2-9(3-5-10)25-17(18(27)29-24-25)30-7-6-13(26)23-16-14(21)11(19)8-12(20)15(16)22/h2-5,8H,6-7H2,1H3,(H-,23,24,26,27). The number of ether oxygens (including phenoxy) is 1. The van der Waals surface area contributed by atoms with Gasteiger partial charge in [-0.2, -0.15) is 0 Å². The van der Waals surface area contributed by atoms with Crippen molar-refractivity contribution in [3.05, 3.63) is 53.6 Å². The number of amides is 1. The average Bonchev–Trinajstić information content (AvgIpc) is 3.10. The SMILES string of the molecule is COc1ccc(-[n+]2noc([O-])c2SCCC(=O)Nc2c(F)c(F)cc(F)c2F)cc1. The molecule has 1 N–H and O–H groups in total. The normalized spacial score (nSPS) is 10.8. The lowest BCUT2D eigenvalue weighted by Crippen LogP contribution is -2.34. The molecule has 3 aromatic rings. The molecule has 1 amide bonds. The molecule has 0 unspecified atom stereocenters. The fraction of sp³-hybridized carbons (Fsp3) is 0.167. The van der Waals surface area contributed by atoms with Crippen molar-refractivity contribution in [3.63, 3.8) is 0 Å². The molecule has 0 bridgehead atoms. The van der Waals surface area contributed by atoms with E-state index in [0.29, 0.717) is 11.4 Å². The molecule has 0 aliphatic carbocycles. The number of rotatable bonds is 7. The lowest BCUT2D eigenvalue weighted by atomic mass is 10.2. The number of thioether (sulfide) groups is 1. The third-order valence-corrected chi connectivity index (χ3v) is 4.85. The first-order valence-corrected chi connectivity index (χ1v) is 9.29. The van der Waals surface area contributed by atoms with E-state index in [1.807, 2.05) is 0 Å². The Kier molecular flexibility index (Phi) is 6.45. The van der Waals surface area contributed by atoms with E-state index in [-0.39, 0.29) is 23.3 Å². The van der Waals surface area contributed by atoms with E-state index in [0.717, 1.165) is 11.8 Å². The number of nitrogens with one attached hydrogen (secondary N) is 1. The lowest BCUT2D eigenvalue weighted by Gasteiger charge is -2.08. The van der Waals surface area contributed by atoms with Crippen molar-refractivity contribution in [1.82, 2.24) is 5.27 Å². The van der Waals surface area contributed by atoms with Crippen molar-refractivity contribution in [2.75, 3.05) is 18.2 Å². The molecule has 2 aromatic carbocycles. The van der Waals surface area contributed by atoms with E-state index in [9.17, 15) is 27.5 Å². The van der Waals surface area contributed by atoms with E-state index in [1.165, 1.54) is 11.8 Å². The molecule has 0 saturated heterocycles. The molecule has 12 heteroatoms. The Morgan fingerprint density at radius 1 is 1.20 bits per heavy atom. The van der Waals surface area contributed by atoms with Gasteiger partial charge in [-0.25, -0.2) is 17.6 Å². The van der Waals surface area contributed by atoms with Gasteiger partial charge in [0, 0.05) is 30.4 Å². The minimum atomic E-state index is -1.71. The number of benzene rings is 2. The summed E-state index contributed by atoms with van der Waals surface area (Å²) in [7, 11) is 1.50. The summed E-state index contributed by atoms with van der Waals surface area (Å²) >= 11 is 0.905. The lowest BCUT2D eigenvalue weighted by molar-refractivity contribution is -0.705. The zero-order valence-corrected chi connectivity index (χ0v) is 16.1. The predicted molar refractivity (Wildman–Crippen MR) is 94.3 cm³/mol. The highest BCUT2D eigenvalue weighted by Crippen LogP contribution is 2.26. The van der Waals surface area contributed by atoms with Gasteiger partial charge >= 0.3 is 0 Å². The van der Waals surface area contributed by atoms with Gasteiger partial charge in [-0.15, -0.1) is 0 Å². The molecule has 158 valence electrons. The van der Waals surface area contributed by atoms with E-state index in [1.54, 1.807) is 29.6 Å². The third kappa shape index (κ3) is 4.48. The van der Waals surface area contributed by atoms with Crippen LogP contribution in [0.25, 0.3) is 5.69 Å². The van der Waals surface area contributed by atoms with Gasteiger partial charge in [0.25, 0.3) is 5.03 Å². The number of methoxy groups -OCH3 is 1. The highest BCUT2D eigenvalue weighted by molar-refractivity contribution is 7.99. The van der Waals surface area contributed by atoms with E-state index in [4.69, 9.17) is 4.74 Å². The van der Waals surface area contributed by atoms with Crippen LogP contribution < -0.4 is 19.8 Å². The molecule has 0 atom stereocenters. The van der Waals surface area contributed by atoms with E-state index >= 15 is 0 Å². The average molecular weight is 443 g/mol. The van der Waals surface area contributed by atoms with E-state index in [2.05, 4.69) is 9.79 Å². The minimum absolute atomic E-state index is 0.0144. The van der Waals surface area contributed by atoms with Crippen molar-refractivity contribution in [2.24, 2.45) is 0 Å². The van der Waals surface area contributed by atoms with Gasteiger partial charge in [0.05, 0.1) is 12.4 Å². The third-order valence-electron chi connectivity index (χ3n) is 3.83. The summed E-state index contributed by atoms with van der Waals surface area (Å²) in [4.78, 5) is 11.9. The van der Waals surface area contributed by atoms with Crippen LogP contribution >= 0.6 is 11.8 Å². The molecule has 1 aromatic heterocycles. The van der Waals surface area contributed by atoms with Crippen LogP contribution in [0.15, 0.2) is 39.9 Å². The number of carbonyl (C=O) groups is 1. The molecule has 0 radical (unpaired) electrons. The van der Waals surface area contributed by atoms with Crippen LogP contribution in [0.2, 0.25) is 0 Å². The second kappa shape index (κ2) is 9.03. The number of nitrogens with zero attached hydrogens (tertiary/aromatic N) is 2. The Bertz CT molecular complexity index is 1050. The fourth-order valence-electron chi connectivity index (χ4n) is 2.37. The van der Waals surface area contributed by atoms with Gasteiger partial charge in [-0.1, -0.05) is 11.8 Å². The van der Waals surface area contributed by atoms with Gasteiger partial charge in [-0.05, 0) is 16.8 Å². The summed E-state index contributed by atoms with van der Waals surface area (Å²) in [5.41, 5.74) is -0.724. The van der Waals surface area contributed by atoms with Crippen molar-refractivity contribution >= 4 is 23.4 Å². The quantitative estimate of drug-likeness (QED) is 0.261. The summed E-state index contributed by atoms with van der Waals surface area (Å²) < 4.78 is 64.6. The van der Waals surface area contributed by atoms with Gasteiger partial charge in [-0.3, -0.25) is 4.79 Å². The molecule has 0 fully saturated rings. The van der Waals surface area contributed by atoms with Crippen LogP contribution in [-0.4, -0.2) is 24.0 Å². The van der Waals surface area contributed by atoms with Crippen LogP contribution in [0.5, 0.6) is 11.7 Å². The first kappa shape index (κ1) is 21.4. The number of hydrogen-bond donors (Lipinski definition) is 1. The summed E-state index contributed by atoms with van der Waals surface area (Å²) in [6.07, 6.45) is -0.324. The predicted octanol–water partition coefficient (Wildman–Crippen LogP) is 2.71. The molecule has 0 saturated carbocycles. The summed E-state index contributed by atoms with van der Waals surface area (Å²) in [6, 6.07) is 6.58. The monoisotopic (exact) mass is 443 g/mol. The first-order valence-electron chi connectivity index (χ1n) is 8.31. The molecular weight excluding hydrogens is 430 g/mol. The fourth-order valence-corrected chi connectivity index (χ4v) is 3.27. The number of aromatic nitrogens is 2. The van der Waals surface area contributed by atoms with Crippen molar-refractivity contribution in [1.29, 1.82) is 0 Å². The Morgan fingerprint density at radius 2 is 1.83 bits per heavy atom. The zero-order chi connectivity index (χ0) is 21.8. The topological polar surface area (TPSA) is 91.3 Å². The van der Waals surface area contributed by atoms with Gasteiger partial charge < -0.3 is 19.7 Å². The largest absolute Gasteiger partial charge is 0.538 e. The maximum absolute atomic E-state index is 13.6.